The largest absolute Gasteiger partial charge is 0.479 e. The fourth-order valence-corrected chi connectivity index (χ4v) is 2.26. The van der Waals surface area contributed by atoms with Gasteiger partial charge < -0.3 is 15.2 Å². The van der Waals surface area contributed by atoms with Crippen LogP contribution in [0.5, 0.6) is 0 Å². The highest BCUT2D eigenvalue weighted by Crippen LogP contribution is 2.23. The second kappa shape index (κ2) is 7.32. The summed E-state index contributed by atoms with van der Waals surface area (Å²) in [4.78, 5) is 33.3. The smallest absolute Gasteiger partial charge is 0.331 e. The molecule has 0 spiro atoms. The molecule has 0 bridgehead atoms. The zero-order valence-electron chi connectivity index (χ0n) is 12.0. The van der Waals surface area contributed by atoms with Crippen LogP contribution in [0.2, 0.25) is 0 Å². The van der Waals surface area contributed by atoms with Crippen molar-refractivity contribution in [1.82, 2.24) is 5.32 Å². The molecule has 0 aromatic heterocycles. The minimum atomic E-state index is -1.54. The molecule has 0 radical (unpaired) electrons. The molecule has 0 fully saturated rings. The van der Waals surface area contributed by atoms with Crippen molar-refractivity contribution in [2.45, 2.75) is 18.9 Å². The molecule has 0 saturated carbocycles. The number of aliphatic carboxylic acids is 1. The molecular formula is C13H15BrN2O6. The highest BCUT2D eigenvalue weighted by atomic mass is 79.9. The van der Waals surface area contributed by atoms with E-state index < -0.39 is 22.3 Å². The van der Waals surface area contributed by atoms with E-state index in [0.29, 0.717) is 10.0 Å². The molecule has 1 aromatic rings. The van der Waals surface area contributed by atoms with Crippen LogP contribution in [0, 0.1) is 10.1 Å². The molecule has 1 unspecified atom stereocenters. The number of halogens is 1. The van der Waals surface area contributed by atoms with Crippen molar-refractivity contribution in [3.05, 3.63) is 38.3 Å². The van der Waals surface area contributed by atoms with Crippen LogP contribution in [0.1, 0.15) is 12.5 Å². The number of carboxylic acids is 1. The number of methoxy groups -OCH3 is 1. The van der Waals surface area contributed by atoms with Gasteiger partial charge in [0.25, 0.3) is 5.69 Å². The number of ether oxygens (including phenoxy) is 1. The minimum Gasteiger partial charge on any atom is -0.479 e. The maximum Gasteiger partial charge on any atom is 0.331 e. The lowest BCUT2D eigenvalue weighted by atomic mass is 10.0. The molecule has 0 aliphatic rings. The number of carbonyl (C=O) groups excluding carboxylic acids is 1. The van der Waals surface area contributed by atoms with Crippen LogP contribution in [0.3, 0.4) is 0 Å². The molecule has 1 atom stereocenters. The third kappa shape index (κ3) is 4.50. The van der Waals surface area contributed by atoms with Gasteiger partial charge in [0, 0.05) is 23.7 Å². The Morgan fingerprint density at radius 3 is 2.59 bits per heavy atom. The second-order valence-corrected chi connectivity index (χ2v) is 5.68. The van der Waals surface area contributed by atoms with Gasteiger partial charge in [0.1, 0.15) is 0 Å². The minimum absolute atomic E-state index is 0.106. The number of nitrogens with one attached hydrogen (secondary N) is 1. The summed E-state index contributed by atoms with van der Waals surface area (Å²) in [5.41, 5.74) is -1.14. The molecule has 9 heteroatoms. The van der Waals surface area contributed by atoms with Crippen molar-refractivity contribution in [3.8, 4) is 0 Å². The maximum atomic E-state index is 12.0. The Morgan fingerprint density at radius 1 is 1.50 bits per heavy atom. The van der Waals surface area contributed by atoms with Gasteiger partial charge in [-0.25, -0.2) is 4.79 Å². The monoisotopic (exact) mass is 374 g/mol. The number of carboxylic acid groups (broad SMARTS) is 1. The van der Waals surface area contributed by atoms with Crippen LogP contribution in [0.4, 0.5) is 5.69 Å². The molecule has 120 valence electrons. The van der Waals surface area contributed by atoms with Crippen molar-refractivity contribution in [2.75, 3.05) is 13.7 Å². The van der Waals surface area contributed by atoms with Crippen LogP contribution in [0.25, 0.3) is 0 Å². The summed E-state index contributed by atoms with van der Waals surface area (Å²) < 4.78 is 5.21. The number of nitrogens with zero attached hydrogens (tertiary/aromatic N) is 1. The van der Waals surface area contributed by atoms with Gasteiger partial charge in [-0.2, -0.15) is 0 Å². The molecule has 1 rings (SSSR count). The topological polar surface area (TPSA) is 119 Å². The van der Waals surface area contributed by atoms with Crippen molar-refractivity contribution in [1.29, 1.82) is 0 Å². The molecular weight excluding hydrogens is 360 g/mol. The Hall–Kier alpha value is -2.00. The number of nitro benzene ring substituents is 1. The Labute approximate surface area is 134 Å². The molecule has 0 aliphatic carbocycles. The summed E-state index contributed by atoms with van der Waals surface area (Å²) in [6, 6.07) is 4.00. The molecule has 0 aliphatic heterocycles. The number of benzene rings is 1. The average Bonchev–Trinajstić information content (AvgIpc) is 2.40. The second-order valence-electron chi connectivity index (χ2n) is 4.83. The number of hydrogen-bond donors (Lipinski definition) is 2. The first kappa shape index (κ1) is 18.1. The molecule has 1 amide bonds. The number of rotatable bonds is 7. The normalized spacial score (nSPS) is 13.2. The standard InChI is InChI=1S/C13H15BrN2O6/c1-13(7-22-2,12(18)19)15-11(17)5-8-3-4-9(16(20)21)6-10(8)14/h3-4,6H,5,7H2,1-2H3,(H,15,17)(H,18,19). The quantitative estimate of drug-likeness (QED) is 0.551. The summed E-state index contributed by atoms with van der Waals surface area (Å²) in [7, 11) is 1.33. The Morgan fingerprint density at radius 2 is 2.14 bits per heavy atom. The molecule has 0 heterocycles. The van der Waals surface area contributed by atoms with E-state index in [0.717, 1.165) is 0 Å². The zero-order valence-corrected chi connectivity index (χ0v) is 13.5. The van der Waals surface area contributed by atoms with Gasteiger partial charge in [-0.15, -0.1) is 0 Å². The lowest BCUT2D eigenvalue weighted by Gasteiger charge is -2.25. The number of non-ortho nitro benzene ring substituents is 1. The fraction of sp³-hybridized carbons (Fsp3) is 0.385. The van der Waals surface area contributed by atoms with Crippen LogP contribution < -0.4 is 5.32 Å². The van der Waals surface area contributed by atoms with E-state index in [1.54, 1.807) is 0 Å². The summed E-state index contributed by atoms with van der Waals surface area (Å²) in [6.45, 7) is 1.15. The predicted octanol–water partition coefficient (Wildman–Crippen LogP) is 1.51. The first-order chi connectivity index (χ1) is 10.2. The first-order valence-electron chi connectivity index (χ1n) is 6.16. The van der Waals surface area contributed by atoms with Crippen molar-refractivity contribution in [2.24, 2.45) is 0 Å². The van der Waals surface area contributed by atoms with E-state index in [2.05, 4.69) is 21.2 Å². The van der Waals surface area contributed by atoms with Crippen molar-refractivity contribution >= 4 is 33.5 Å². The van der Waals surface area contributed by atoms with Crippen LogP contribution in [-0.4, -0.2) is 41.2 Å². The van der Waals surface area contributed by atoms with Gasteiger partial charge in [0.15, 0.2) is 5.54 Å². The van der Waals surface area contributed by atoms with Gasteiger partial charge >= 0.3 is 5.97 Å². The van der Waals surface area contributed by atoms with Gasteiger partial charge in [0.2, 0.25) is 5.91 Å². The lowest BCUT2D eigenvalue weighted by Crippen LogP contribution is -2.55. The van der Waals surface area contributed by atoms with E-state index in [9.17, 15) is 19.7 Å². The summed E-state index contributed by atoms with van der Waals surface area (Å²) in [6.07, 6.45) is -0.120. The summed E-state index contributed by atoms with van der Waals surface area (Å²) in [5, 5.41) is 22.2. The van der Waals surface area contributed by atoms with Crippen LogP contribution in [0.15, 0.2) is 22.7 Å². The number of amides is 1. The maximum absolute atomic E-state index is 12.0. The molecule has 8 nitrogen and oxygen atoms in total. The number of nitro groups is 1. The summed E-state index contributed by atoms with van der Waals surface area (Å²) >= 11 is 3.16. The van der Waals surface area contributed by atoms with Gasteiger partial charge in [-0.05, 0) is 12.5 Å². The number of hydrogen-bond acceptors (Lipinski definition) is 5. The fourth-order valence-electron chi connectivity index (χ4n) is 1.76. The Balaban J connectivity index is 2.85. The third-order valence-electron chi connectivity index (χ3n) is 2.92. The molecule has 22 heavy (non-hydrogen) atoms. The van der Waals surface area contributed by atoms with E-state index in [1.165, 1.54) is 32.2 Å². The SMILES string of the molecule is COCC(C)(NC(=O)Cc1ccc([N+](=O)[O-])cc1Br)C(=O)O. The van der Waals surface area contributed by atoms with Gasteiger partial charge in [-0.1, -0.05) is 22.0 Å². The van der Waals surface area contributed by atoms with Crippen LogP contribution >= 0.6 is 15.9 Å². The van der Waals surface area contributed by atoms with Crippen LogP contribution in [-0.2, 0) is 20.7 Å². The van der Waals surface area contributed by atoms with Crippen molar-refractivity contribution in [3.63, 3.8) is 0 Å². The van der Waals surface area contributed by atoms with E-state index in [-0.39, 0.29) is 18.7 Å². The molecule has 1 aromatic carbocycles. The molecule has 0 saturated heterocycles. The van der Waals surface area contributed by atoms with Gasteiger partial charge in [0.05, 0.1) is 18.0 Å². The Bertz CT molecular complexity index is 606. The van der Waals surface area contributed by atoms with Crippen molar-refractivity contribution < 1.29 is 24.4 Å². The lowest BCUT2D eigenvalue weighted by molar-refractivity contribution is -0.384. The zero-order chi connectivity index (χ0) is 16.9. The predicted molar refractivity (Wildman–Crippen MR) is 80.6 cm³/mol. The highest BCUT2D eigenvalue weighted by Gasteiger charge is 2.35. The first-order valence-corrected chi connectivity index (χ1v) is 6.95. The Kier molecular flexibility index (Phi) is 6.01. The molecule has 2 N–H and O–H groups in total. The summed E-state index contributed by atoms with van der Waals surface area (Å²) in [5.74, 6) is -1.75. The van der Waals surface area contributed by atoms with Gasteiger partial charge in [-0.3, -0.25) is 14.9 Å². The van der Waals surface area contributed by atoms with E-state index in [4.69, 9.17) is 9.84 Å². The third-order valence-corrected chi connectivity index (χ3v) is 3.66. The van der Waals surface area contributed by atoms with E-state index >= 15 is 0 Å². The van der Waals surface area contributed by atoms with E-state index in [1.807, 2.05) is 0 Å². The highest BCUT2D eigenvalue weighted by molar-refractivity contribution is 9.10. The number of carbonyl (C=O) groups is 2. The average molecular weight is 375 g/mol.